The third kappa shape index (κ3) is 4.04. The SMILES string of the molecule is O=C1Nc2ccc(F)cc2CC1C(=O)Nc1ccccc1C(=O)N1CCCC(O)C1. The lowest BCUT2D eigenvalue weighted by Gasteiger charge is -2.30. The van der Waals surface area contributed by atoms with Crippen LogP contribution in [0.25, 0.3) is 0 Å². The number of anilines is 2. The molecule has 0 spiro atoms. The van der Waals surface area contributed by atoms with Crippen LogP contribution in [0.4, 0.5) is 15.8 Å². The van der Waals surface area contributed by atoms with Gasteiger partial charge in [-0.3, -0.25) is 14.4 Å². The summed E-state index contributed by atoms with van der Waals surface area (Å²) in [5.74, 6) is -2.82. The number of hydrogen-bond donors (Lipinski definition) is 3. The van der Waals surface area contributed by atoms with E-state index in [1.165, 1.54) is 18.2 Å². The Morgan fingerprint density at radius 2 is 2.00 bits per heavy atom. The molecule has 0 bridgehead atoms. The number of amides is 3. The standard InChI is InChI=1S/C22H22FN3O4/c23-14-7-8-18-13(10-14)11-17(20(28)24-18)21(29)25-19-6-2-1-5-16(19)22(30)26-9-3-4-15(27)12-26/h1-2,5-8,10,15,17,27H,3-4,9,11-12H2,(H,24,28)(H,25,29). The van der Waals surface area contributed by atoms with E-state index in [0.29, 0.717) is 41.9 Å². The summed E-state index contributed by atoms with van der Waals surface area (Å²) in [6.45, 7) is 0.778. The second-order valence-corrected chi connectivity index (χ2v) is 7.63. The maximum absolute atomic E-state index is 13.5. The molecule has 3 amide bonds. The first kappa shape index (κ1) is 20.0. The number of likely N-dealkylation sites (tertiary alicyclic amines) is 1. The highest BCUT2D eigenvalue weighted by molar-refractivity contribution is 6.14. The molecule has 0 saturated carbocycles. The number of aliphatic hydroxyl groups excluding tert-OH is 1. The summed E-state index contributed by atoms with van der Waals surface area (Å²) in [7, 11) is 0. The molecule has 2 aromatic carbocycles. The van der Waals surface area contributed by atoms with Gasteiger partial charge in [-0.2, -0.15) is 0 Å². The lowest BCUT2D eigenvalue weighted by molar-refractivity contribution is -0.129. The zero-order chi connectivity index (χ0) is 21.3. The normalized spacial score (nSPS) is 20.9. The number of aliphatic hydroxyl groups is 1. The van der Waals surface area contributed by atoms with Crippen LogP contribution >= 0.6 is 0 Å². The number of benzene rings is 2. The van der Waals surface area contributed by atoms with E-state index in [4.69, 9.17) is 0 Å². The van der Waals surface area contributed by atoms with Crippen LogP contribution in [-0.2, 0) is 16.0 Å². The van der Waals surface area contributed by atoms with Gasteiger partial charge in [-0.25, -0.2) is 4.39 Å². The number of para-hydroxylation sites is 1. The number of nitrogens with zero attached hydrogens (tertiary/aromatic N) is 1. The van der Waals surface area contributed by atoms with E-state index < -0.39 is 29.7 Å². The van der Waals surface area contributed by atoms with Crippen LogP contribution in [0.15, 0.2) is 42.5 Å². The summed E-state index contributed by atoms with van der Waals surface area (Å²) in [6.07, 6.45) is 0.871. The number of β-amino-alcohol motifs (C(OH)–C–C–N with tert-alkyl or cyclic N) is 1. The van der Waals surface area contributed by atoms with E-state index in [9.17, 15) is 23.9 Å². The van der Waals surface area contributed by atoms with Gasteiger partial charge in [-0.1, -0.05) is 12.1 Å². The average molecular weight is 411 g/mol. The molecular formula is C22H22FN3O4. The smallest absolute Gasteiger partial charge is 0.256 e. The van der Waals surface area contributed by atoms with E-state index in [1.807, 2.05) is 0 Å². The summed E-state index contributed by atoms with van der Waals surface area (Å²) in [6, 6.07) is 10.6. The first-order valence-electron chi connectivity index (χ1n) is 9.89. The number of carbonyl (C=O) groups is 3. The number of carbonyl (C=O) groups excluding carboxylic acids is 3. The molecule has 1 saturated heterocycles. The lowest BCUT2D eigenvalue weighted by Crippen LogP contribution is -2.42. The highest BCUT2D eigenvalue weighted by Crippen LogP contribution is 2.28. The van der Waals surface area contributed by atoms with Gasteiger partial charge in [0.25, 0.3) is 5.91 Å². The number of piperidine rings is 1. The predicted molar refractivity (Wildman–Crippen MR) is 108 cm³/mol. The zero-order valence-corrected chi connectivity index (χ0v) is 16.2. The number of rotatable bonds is 3. The summed E-state index contributed by atoms with van der Waals surface area (Å²) in [4.78, 5) is 39.7. The molecule has 2 aromatic rings. The topological polar surface area (TPSA) is 98.7 Å². The monoisotopic (exact) mass is 411 g/mol. The van der Waals surface area contributed by atoms with Crippen LogP contribution in [-0.4, -0.2) is 46.9 Å². The van der Waals surface area contributed by atoms with Crippen molar-refractivity contribution in [2.45, 2.75) is 25.4 Å². The molecule has 0 aromatic heterocycles. The van der Waals surface area contributed by atoms with Crippen molar-refractivity contribution in [3.05, 3.63) is 59.4 Å². The van der Waals surface area contributed by atoms with Crippen molar-refractivity contribution in [2.24, 2.45) is 5.92 Å². The fourth-order valence-electron chi connectivity index (χ4n) is 3.91. The Bertz CT molecular complexity index is 1010. The Morgan fingerprint density at radius 1 is 1.20 bits per heavy atom. The maximum atomic E-state index is 13.5. The van der Waals surface area contributed by atoms with Crippen LogP contribution in [0.2, 0.25) is 0 Å². The molecule has 0 aliphatic carbocycles. The molecule has 156 valence electrons. The zero-order valence-electron chi connectivity index (χ0n) is 16.2. The highest BCUT2D eigenvalue weighted by atomic mass is 19.1. The Balaban J connectivity index is 1.53. The average Bonchev–Trinajstić information content (AvgIpc) is 2.73. The molecule has 4 rings (SSSR count). The van der Waals surface area contributed by atoms with Gasteiger partial charge in [-0.05, 0) is 55.2 Å². The van der Waals surface area contributed by atoms with Crippen molar-refractivity contribution in [2.75, 3.05) is 23.7 Å². The van der Waals surface area contributed by atoms with Crippen LogP contribution in [0.1, 0.15) is 28.8 Å². The Labute approximate surface area is 172 Å². The third-order valence-corrected chi connectivity index (χ3v) is 5.48. The van der Waals surface area contributed by atoms with Crippen molar-refractivity contribution in [1.29, 1.82) is 0 Å². The van der Waals surface area contributed by atoms with Gasteiger partial charge in [0.1, 0.15) is 11.7 Å². The molecule has 2 atom stereocenters. The molecule has 2 heterocycles. The summed E-state index contributed by atoms with van der Waals surface area (Å²) in [5.41, 5.74) is 1.62. The van der Waals surface area contributed by atoms with E-state index in [2.05, 4.69) is 10.6 Å². The Morgan fingerprint density at radius 3 is 2.80 bits per heavy atom. The molecule has 8 heteroatoms. The summed E-state index contributed by atoms with van der Waals surface area (Å²) in [5, 5.41) is 15.2. The molecule has 2 aliphatic rings. The van der Waals surface area contributed by atoms with E-state index >= 15 is 0 Å². The largest absolute Gasteiger partial charge is 0.391 e. The minimum atomic E-state index is -1.04. The molecule has 0 radical (unpaired) electrons. The van der Waals surface area contributed by atoms with Crippen molar-refractivity contribution < 1.29 is 23.9 Å². The maximum Gasteiger partial charge on any atom is 0.256 e. The molecule has 3 N–H and O–H groups in total. The Kier molecular flexibility index (Phi) is 5.50. The minimum absolute atomic E-state index is 0.0686. The van der Waals surface area contributed by atoms with E-state index in [1.54, 1.807) is 29.2 Å². The van der Waals surface area contributed by atoms with Crippen LogP contribution in [0.5, 0.6) is 0 Å². The number of halogens is 1. The van der Waals surface area contributed by atoms with E-state index in [0.717, 1.165) is 0 Å². The minimum Gasteiger partial charge on any atom is -0.391 e. The fourth-order valence-corrected chi connectivity index (χ4v) is 3.91. The summed E-state index contributed by atoms with van der Waals surface area (Å²) >= 11 is 0. The van der Waals surface area contributed by atoms with Gasteiger partial charge in [0.2, 0.25) is 11.8 Å². The number of fused-ring (bicyclic) bond motifs is 1. The lowest BCUT2D eigenvalue weighted by atomic mass is 9.92. The first-order chi connectivity index (χ1) is 14.4. The highest BCUT2D eigenvalue weighted by Gasteiger charge is 2.33. The predicted octanol–water partition coefficient (Wildman–Crippen LogP) is 2.17. The second kappa shape index (κ2) is 8.23. The molecule has 7 nitrogen and oxygen atoms in total. The molecule has 30 heavy (non-hydrogen) atoms. The van der Waals surface area contributed by atoms with Crippen molar-refractivity contribution in [1.82, 2.24) is 4.90 Å². The van der Waals surface area contributed by atoms with Gasteiger partial charge >= 0.3 is 0 Å². The Hall–Kier alpha value is -3.26. The molecule has 2 aliphatic heterocycles. The summed E-state index contributed by atoms with van der Waals surface area (Å²) < 4.78 is 13.5. The van der Waals surface area contributed by atoms with Gasteiger partial charge < -0.3 is 20.6 Å². The number of hydrogen-bond acceptors (Lipinski definition) is 4. The van der Waals surface area contributed by atoms with Crippen molar-refractivity contribution in [3.8, 4) is 0 Å². The molecule has 1 fully saturated rings. The van der Waals surface area contributed by atoms with Gasteiger partial charge in [-0.15, -0.1) is 0 Å². The number of nitrogens with one attached hydrogen (secondary N) is 2. The van der Waals surface area contributed by atoms with E-state index in [-0.39, 0.29) is 18.9 Å². The van der Waals surface area contributed by atoms with Crippen LogP contribution in [0.3, 0.4) is 0 Å². The van der Waals surface area contributed by atoms with Gasteiger partial charge in [0.15, 0.2) is 0 Å². The van der Waals surface area contributed by atoms with Crippen molar-refractivity contribution >= 4 is 29.1 Å². The van der Waals surface area contributed by atoms with Crippen LogP contribution < -0.4 is 10.6 Å². The molecule has 2 unspecified atom stereocenters. The van der Waals surface area contributed by atoms with Crippen molar-refractivity contribution in [3.63, 3.8) is 0 Å². The third-order valence-electron chi connectivity index (χ3n) is 5.48. The fraction of sp³-hybridized carbons (Fsp3) is 0.318. The molecular weight excluding hydrogens is 389 g/mol. The second-order valence-electron chi connectivity index (χ2n) is 7.63. The van der Waals surface area contributed by atoms with Crippen LogP contribution in [0, 0.1) is 11.7 Å². The quantitative estimate of drug-likeness (QED) is 0.674. The van der Waals surface area contributed by atoms with Gasteiger partial charge in [0, 0.05) is 18.8 Å². The van der Waals surface area contributed by atoms with Gasteiger partial charge in [0.05, 0.1) is 17.4 Å². The first-order valence-corrected chi connectivity index (χ1v) is 9.89.